The Labute approximate surface area is 394 Å². The Morgan fingerprint density at radius 3 is 1.44 bits per heavy atom. The van der Waals surface area contributed by atoms with E-state index in [0.29, 0.717) is 17.5 Å². The number of aryl methyl sites for hydroxylation is 2. The van der Waals surface area contributed by atoms with E-state index in [2.05, 4.69) is 237 Å². The molecule has 0 saturated carbocycles. The van der Waals surface area contributed by atoms with E-state index in [1.165, 1.54) is 77.2 Å². The molecule has 0 saturated heterocycles. The lowest BCUT2D eigenvalue weighted by atomic mass is 9.70. The van der Waals surface area contributed by atoms with E-state index in [0.717, 1.165) is 44.5 Å². The van der Waals surface area contributed by atoms with Crippen molar-refractivity contribution in [1.29, 1.82) is 0 Å². The van der Waals surface area contributed by atoms with Gasteiger partial charge in [-0.05, 0) is 117 Å². The summed E-state index contributed by atoms with van der Waals surface area (Å²) in [6.45, 7) is 4.21. The third-order valence-corrected chi connectivity index (χ3v) is 14.6. The van der Waals surface area contributed by atoms with Crippen LogP contribution in [0.3, 0.4) is 0 Å². The van der Waals surface area contributed by atoms with Gasteiger partial charge in [0, 0.05) is 33.2 Å². The molecule has 14 rings (SSSR count). The first kappa shape index (κ1) is 38.5. The fourth-order valence-corrected chi connectivity index (χ4v) is 11.5. The maximum Gasteiger partial charge on any atom is 0.164 e. The molecule has 318 valence electrons. The first-order valence-corrected chi connectivity index (χ1v) is 23.4. The Hall–Kier alpha value is -8.73. The minimum Gasteiger partial charge on any atom is -0.309 e. The molecule has 2 heterocycles. The number of aromatic nitrogens is 4. The van der Waals surface area contributed by atoms with Crippen molar-refractivity contribution in [1.82, 2.24) is 19.5 Å². The van der Waals surface area contributed by atoms with Gasteiger partial charge >= 0.3 is 0 Å². The predicted molar refractivity (Wildman–Crippen MR) is 279 cm³/mol. The van der Waals surface area contributed by atoms with Gasteiger partial charge in [0.05, 0.1) is 16.4 Å². The number of hydrogen-bond acceptors (Lipinski definition) is 3. The third kappa shape index (κ3) is 5.58. The fourth-order valence-electron chi connectivity index (χ4n) is 11.5. The Morgan fingerprint density at radius 1 is 0.338 bits per heavy atom. The van der Waals surface area contributed by atoms with Crippen molar-refractivity contribution in [3.05, 3.63) is 252 Å². The summed E-state index contributed by atoms with van der Waals surface area (Å²) >= 11 is 0. The molecule has 1 spiro atoms. The molecular formula is C64H42N4. The number of para-hydroxylation sites is 1. The molecule has 12 aromatic rings. The van der Waals surface area contributed by atoms with Crippen LogP contribution < -0.4 is 0 Å². The largest absolute Gasteiger partial charge is 0.309 e. The highest BCUT2D eigenvalue weighted by molar-refractivity contribution is 6.21. The van der Waals surface area contributed by atoms with Crippen molar-refractivity contribution in [2.45, 2.75) is 19.3 Å². The topological polar surface area (TPSA) is 43.6 Å². The van der Waals surface area contributed by atoms with Crippen LogP contribution in [0.25, 0.3) is 106 Å². The molecule has 2 aliphatic carbocycles. The van der Waals surface area contributed by atoms with E-state index in [-0.39, 0.29) is 0 Å². The van der Waals surface area contributed by atoms with Crippen molar-refractivity contribution in [3.8, 4) is 73.2 Å². The van der Waals surface area contributed by atoms with Gasteiger partial charge in [0.15, 0.2) is 17.5 Å². The summed E-state index contributed by atoms with van der Waals surface area (Å²) in [5, 5.41) is 4.91. The Balaban J connectivity index is 1.06. The predicted octanol–water partition coefficient (Wildman–Crippen LogP) is 15.8. The lowest BCUT2D eigenvalue weighted by molar-refractivity contribution is 0.794. The number of nitrogens with zero attached hydrogens (tertiary/aromatic N) is 4. The molecule has 2 aliphatic rings. The molecule has 0 unspecified atom stereocenters. The smallest absolute Gasteiger partial charge is 0.164 e. The zero-order chi connectivity index (χ0) is 45.1. The second-order valence-electron chi connectivity index (χ2n) is 18.5. The van der Waals surface area contributed by atoms with Crippen LogP contribution in [0.15, 0.2) is 218 Å². The van der Waals surface area contributed by atoms with Crippen LogP contribution in [0.2, 0.25) is 0 Å². The monoisotopic (exact) mass is 866 g/mol. The first-order valence-electron chi connectivity index (χ1n) is 23.4. The Kier molecular flexibility index (Phi) is 8.29. The average molecular weight is 867 g/mol. The number of hydrogen-bond donors (Lipinski definition) is 0. The van der Waals surface area contributed by atoms with Crippen LogP contribution in [-0.4, -0.2) is 19.5 Å². The maximum atomic E-state index is 5.33. The van der Waals surface area contributed by atoms with Crippen LogP contribution >= 0.6 is 0 Å². The summed E-state index contributed by atoms with van der Waals surface area (Å²) < 4.78 is 2.43. The van der Waals surface area contributed by atoms with Crippen LogP contribution in [0.1, 0.15) is 33.4 Å². The minimum atomic E-state index is -0.469. The van der Waals surface area contributed by atoms with Crippen LogP contribution in [0, 0.1) is 13.8 Å². The molecule has 0 N–H and O–H groups in total. The van der Waals surface area contributed by atoms with E-state index in [9.17, 15) is 0 Å². The molecule has 0 radical (unpaired) electrons. The molecule has 4 nitrogen and oxygen atoms in total. The maximum absolute atomic E-state index is 5.33. The summed E-state index contributed by atoms with van der Waals surface area (Å²) in [4.78, 5) is 15.8. The normalized spacial score (nSPS) is 13.0. The summed E-state index contributed by atoms with van der Waals surface area (Å²) in [5.41, 5.74) is 20.6. The Morgan fingerprint density at radius 2 is 0.824 bits per heavy atom. The molecule has 68 heavy (non-hydrogen) atoms. The van der Waals surface area contributed by atoms with Gasteiger partial charge in [-0.3, -0.25) is 0 Å². The standard InChI is InChI=1S/C64H42N4/c1-39-23-27-42(28-24-39)61-65-62(43-29-25-40(2)26-30-43)67-63(66-61)46-35-45(36-47(37-46)68-58-22-12-8-18-53(58)60-48-14-4-3-13-41(48)32-34-59(60)68)44-31-33-52-51-17-7-11-21-56(51)64(57(52)38-44)54-19-9-5-15-49(54)50-16-6-10-20-55(50)64/h3-38H,1-2H3. The van der Waals surface area contributed by atoms with Gasteiger partial charge in [-0.2, -0.15) is 0 Å². The lowest BCUT2D eigenvalue weighted by Gasteiger charge is -2.30. The molecule has 0 atom stereocenters. The molecule has 0 fully saturated rings. The average Bonchev–Trinajstić information content (AvgIpc) is 4.01. The highest BCUT2D eigenvalue weighted by atomic mass is 15.0. The zero-order valence-electron chi connectivity index (χ0n) is 37.6. The molecule has 0 amide bonds. The molecule has 10 aromatic carbocycles. The quantitative estimate of drug-likeness (QED) is 0.173. The van der Waals surface area contributed by atoms with Crippen LogP contribution in [-0.2, 0) is 5.41 Å². The van der Waals surface area contributed by atoms with Gasteiger partial charge in [-0.15, -0.1) is 0 Å². The van der Waals surface area contributed by atoms with Gasteiger partial charge in [0.25, 0.3) is 0 Å². The van der Waals surface area contributed by atoms with E-state index in [1.807, 2.05) is 0 Å². The van der Waals surface area contributed by atoms with Gasteiger partial charge in [0.1, 0.15) is 0 Å². The van der Waals surface area contributed by atoms with Crippen LogP contribution in [0.4, 0.5) is 0 Å². The number of fused-ring (bicyclic) bond motifs is 15. The van der Waals surface area contributed by atoms with Gasteiger partial charge in [0.2, 0.25) is 0 Å². The SMILES string of the molecule is Cc1ccc(-c2nc(-c3ccc(C)cc3)nc(-c3cc(-c4ccc5c(c4)C4(c6ccccc6-c6ccccc64)c4ccccc4-5)cc(-n4c5ccccc5c5c6ccccc6ccc54)c3)n2)cc1. The van der Waals surface area contributed by atoms with Crippen LogP contribution in [0.5, 0.6) is 0 Å². The first-order chi connectivity index (χ1) is 33.5. The lowest BCUT2D eigenvalue weighted by Crippen LogP contribution is -2.25. The third-order valence-electron chi connectivity index (χ3n) is 14.6. The molecule has 0 bridgehead atoms. The summed E-state index contributed by atoms with van der Waals surface area (Å²) in [5.74, 6) is 1.89. The van der Waals surface area contributed by atoms with Gasteiger partial charge in [-0.25, -0.2) is 15.0 Å². The van der Waals surface area contributed by atoms with E-state index < -0.39 is 5.41 Å². The Bertz CT molecular complexity index is 3920. The highest BCUT2D eigenvalue weighted by Gasteiger charge is 2.51. The van der Waals surface area contributed by atoms with Crippen molar-refractivity contribution in [2.24, 2.45) is 0 Å². The van der Waals surface area contributed by atoms with Crippen molar-refractivity contribution in [2.75, 3.05) is 0 Å². The van der Waals surface area contributed by atoms with Crippen molar-refractivity contribution < 1.29 is 0 Å². The number of rotatable bonds is 5. The fraction of sp³-hybridized carbons (Fsp3) is 0.0469. The van der Waals surface area contributed by atoms with Crippen molar-refractivity contribution >= 4 is 32.6 Å². The van der Waals surface area contributed by atoms with Crippen molar-refractivity contribution in [3.63, 3.8) is 0 Å². The summed E-state index contributed by atoms with van der Waals surface area (Å²) in [7, 11) is 0. The zero-order valence-corrected chi connectivity index (χ0v) is 37.6. The van der Waals surface area contributed by atoms with Gasteiger partial charge < -0.3 is 4.57 Å². The van der Waals surface area contributed by atoms with Gasteiger partial charge in [-0.1, -0.05) is 193 Å². The second kappa shape index (κ2) is 14.6. The summed E-state index contributed by atoms with van der Waals surface area (Å²) in [6.07, 6.45) is 0. The van der Waals surface area contributed by atoms with E-state index in [4.69, 9.17) is 15.0 Å². The molecule has 4 heteroatoms. The number of benzene rings is 10. The highest BCUT2D eigenvalue weighted by Crippen LogP contribution is 2.63. The second-order valence-corrected chi connectivity index (χ2v) is 18.5. The van der Waals surface area contributed by atoms with E-state index >= 15 is 0 Å². The molecule has 2 aromatic heterocycles. The minimum absolute atomic E-state index is 0.469. The van der Waals surface area contributed by atoms with E-state index in [1.54, 1.807) is 0 Å². The molecule has 0 aliphatic heterocycles. The molecular weight excluding hydrogens is 825 g/mol. The summed E-state index contributed by atoms with van der Waals surface area (Å²) in [6, 6.07) is 80.1.